The molecule has 146 valence electrons. The first-order valence-electron chi connectivity index (χ1n) is 9.15. The standard InChI is InChI=1S/C23H20N2O3S/c1-14-10-11-15(2)16(13-14)24-21-20(19-9-6-12-29-19)22(26)25(23(21)27)17-7-4-5-8-18(17)28-3/h4-13,24H,1-3H3. The van der Waals surface area contributed by atoms with Gasteiger partial charge in [-0.25, -0.2) is 4.90 Å². The van der Waals surface area contributed by atoms with Gasteiger partial charge in [-0.2, -0.15) is 0 Å². The highest BCUT2D eigenvalue weighted by molar-refractivity contribution is 7.11. The Morgan fingerprint density at radius 2 is 1.76 bits per heavy atom. The van der Waals surface area contributed by atoms with Gasteiger partial charge >= 0.3 is 0 Å². The molecule has 0 spiro atoms. The third-order valence-corrected chi connectivity index (χ3v) is 5.72. The molecule has 5 nitrogen and oxygen atoms in total. The Hall–Kier alpha value is -3.38. The van der Waals surface area contributed by atoms with Crippen LogP contribution in [0.15, 0.2) is 65.7 Å². The Labute approximate surface area is 173 Å². The zero-order chi connectivity index (χ0) is 20.5. The van der Waals surface area contributed by atoms with Crippen LogP contribution in [0.1, 0.15) is 16.0 Å². The zero-order valence-corrected chi connectivity index (χ0v) is 17.2. The van der Waals surface area contributed by atoms with E-state index in [9.17, 15) is 9.59 Å². The number of anilines is 2. The summed E-state index contributed by atoms with van der Waals surface area (Å²) in [5.74, 6) is -0.300. The van der Waals surface area contributed by atoms with Crippen LogP contribution in [0.4, 0.5) is 11.4 Å². The molecule has 6 heteroatoms. The first kappa shape index (κ1) is 19.0. The molecule has 1 aliphatic rings. The fourth-order valence-corrected chi connectivity index (χ4v) is 4.10. The van der Waals surface area contributed by atoms with Crippen LogP contribution in [0.25, 0.3) is 5.57 Å². The van der Waals surface area contributed by atoms with E-state index in [2.05, 4.69) is 5.32 Å². The highest BCUT2D eigenvalue weighted by Crippen LogP contribution is 2.39. The second-order valence-corrected chi connectivity index (χ2v) is 7.74. The van der Waals surface area contributed by atoms with Gasteiger partial charge in [0.2, 0.25) is 0 Å². The van der Waals surface area contributed by atoms with Gasteiger partial charge in [-0.15, -0.1) is 11.3 Å². The second kappa shape index (κ2) is 7.56. The molecule has 29 heavy (non-hydrogen) atoms. The predicted octanol–water partition coefficient (Wildman–Crippen LogP) is 4.77. The van der Waals surface area contributed by atoms with Crippen LogP contribution in [0.5, 0.6) is 5.75 Å². The van der Waals surface area contributed by atoms with E-state index in [1.54, 1.807) is 24.3 Å². The van der Waals surface area contributed by atoms with Gasteiger partial charge in [0.15, 0.2) is 0 Å². The Bertz CT molecular complexity index is 1130. The summed E-state index contributed by atoms with van der Waals surface area (Å²) in [6.07, 6.45) is 0. The first-order valence-corrected chi connectivity index (χ1v) is 10.0. The maximum absolute atomic E-state index is 13.4. The maximum atomic E-state index is 13.4. The van der Waals surface area contributed by atoms with Gasteiger partial charge in [-0.3, -0.25) is 9.59 Å². The van der Waals surface area contributed by atoms with Gasteiger partial charge in [0, 0.05) is 10.6 Å². The van der Waals surface area contributed by atoms with Crippen LogP contribution in [-0.2, 0) is 9.59 Å². The number of hydrogen-bond acceptors (Lipinski definition) is 5. The normalized spacial score (nSPS) is 14.0. The quantitative estimate of drug-likeness (QED) is 0.623. The number of thiophene rings is 1. The fraction of sp³-hybridized carbons (Fsp3) is 0.130. The molecule has 0 bridgehead atoms. The van der Waals surface area contributed by atoms with Crippen molar-refractivity contribution in [2.45, 2.75) is 13.8 Å². The first-order chi connectivity index (χ1) is 14.0. The molecule has 1 aromatic heterocycles. The molecular formula is C23H20N2O3S. The van der Waals surface area contributed by atoms with E-state index in [0.717, 1.165) is 21.7 Å². The van der Waals surface area contributed by atoms with Crippen LogP contribution >= 0.6 is 11.3 Å². The third-order valence-electron chi connectivity index (χ3n) is 4.83. The van der Waals surface area contributed by atoms with Crippen molar-refractivity contribution in [1.82, 2.24) is 0 Å². The molecule has 0 saturated heterocycles. The van der Waals surface area contributed by atoms with Crippen LogP contribution in [0, 0.1) is 13.8 Å². The van der Waals surface area contributed by atoms with Gasteiger partial charge in [0.1, 0.15) is 11.4 Å². The Kier molecular flexibility index (Phi) is 4.94. The molecule has 2 heterocycles. The summed E-state index contributed by atoms with van der Waals surface area (Å²) in [5.41, 5.74) is 3.93. The number of imide groups is 1. The fourth-order valence-electron chi connectivity index (χ4n) is 3.33. The molecular weight excluding hydrogens is 384 g/mol. The monoisotopic (exact) mass is 404 g/mol. The topological polar surface area (TPSA) is 58.6 Å². The average Bonchev–Trinajstić information content (AvgIpc) is 3.32. The number of nitrogens with one attached hydrogen (secondary N) is 1. The molecule has 0 atom stereocenters. The Morgan fingerprint density at radius 3 is 2.48 bits per heavy atom. The van der Waals surface area contributed by atoms with Crippen molar-refractivity contribution in [1.29, 1.82) is 0 Å². The predicted molar refractivity (Wildman–Crippen MR) is 116 cm³/mol. The summed E-state index contributed by atoms with van der Waals surface area (Å²) in [7, 11) is 1.52. The van der Waals surface area contributed by atoms with Gasteiger partial charge in [-0.05, 0) is 54.6 Å². The number of methoxy groups -OCH3 is 1. The summed E-state index contributed by atoms with van der Waals surface area (Å²) in [4.78, 5) is 28.7. The number of nitrogens with zero attached hydrogens (tertiary/aromatic N) is 1. The van der Waals surface area contributed by atoms with Crippen LogP contribution in [-0.4, -0.2) is 18.9 Å². The number of carbonyl (C=O) groups excluding carboxylic acids is 2. The molecule has 2 amide bonds. The van der Waals surface area contributed by atoms with E-state index in [1.807, 2.05) is 49.6 Å². The molecule has 4 rings (SSSR count). The largest absolute Gasteiger partial charge is 0.495 e. The number of aryl methyl sites for hydroxylation is 2. The van der Waals surface area contributed by atoms with Crippen molar-refractivity contribution in [3.63, 3.8) is 0 Å². The summed E-state index contributed by atoms with van der Waals surface area (Å²) < 4.78 is 5.39. The van der Waals surface area contributed by atoms with Crippen LogP contribution in [0.2, 0.25) is 0 Å². The molecule has 3 aromatic rings. The second-order valence-electron chi connectivity index (χ2n) is 6.79. The van der Waals surface area contributed by atoms with Crippen LogP contribution in [0.3, 0.4) is 0 Å². The van der Waals surface area contributed by atoms with Crippen molar-refractivity contribution in [2.24, 2.45) is 0 Å². The van der Waals surface area contributed by atoms with E-state index in [-0.39, 0.29) is 11.6 Å². The minimum absolute atomic E-state index is 0.275. The van der Waals surface area contributed by atoms with Crippen molar-refractivity contribution < 1.29 is 14.3 Å². The van der Waals surface area contributed by atoms with Gasteiger partial charge < -0.3 is 10.1 Å². The van der Waals surface area contributed by atoms with E-state index in [4.69, 9.17) is 4.74 Å². The van der Waals surface area contributed by atoms with E-state index in [0.29, 0.717) is 17.0 Å². The highest BCUT2D eigenvalue weighted by atomic mass is 32.1. The molecule has 0 aliphatic carbocycles. The summed E-state index contributed by atoms with van der Waals surface area (Å²) in [6, 6.07) is 16.7. The molecule has 2 aromatic carbocycles. The minimum Gasteiger partial charge on any atom is -0.495 e. The van der Waals surface area contributed by atoms with Gasteiger partial charge in [-0.1, -0.05) is 30.3 Å². The molecule has 0 saturated carbocycles. The number of ether oxygens (including phenoxy) is 1. The van der Waals surface area contributed by atoms with E-state index >= 15 is 0 Å². The average molecular weight is 404 g/mol. The number of amides is 2. The minimum atomic E-state index is -0.399. The zero-order valence-electron chi connectivity index (χ0n) is 16.4. The third kappa shape index (κ3) is 3.32. The molecule has 1 N–H and O–H groups in total. The number of carbonyl (C=O) groups is 2. The number of hydrogen-bond donors (Lipinski definition) is 1. The highest BCUT2D eigenvalue weighted by Gasteiger charge is 2.41. The maximum Gasteiger partial charge on any atom is 0.282 e. The molecule has 0 radical (unpaired) electrons. The van der Waals surface area contributed by atoms with Gasteiger partial charge in [0.05, 0.1) is 18.4 Å². The number of rotatable bonds is 5. The van der Waals surface area contributed by atoms with Crippen LogP contribution < -0.4 is 15.0 Å². The number of benzene rings is 2. The smallest absolute Gasteiger partial charge is 0.282 e. The molecule has 0 unspecified atom stereocenters. The van der Waals surface area contributed by atoms with Crippen molar-refractivity contribution >= 4 is 40.1 Å². The lowest BCUT2D eigenvalue weighted by Crippen LogP contribution is -2.32. The van der Waals surface area contributed by atoms with E-state index in [1.165, 1.54) is 23.3 Å². The lowest BCUT2D eigenvalue weighted by atomic mass is 10.1. The summed E-state index contributed by atoms with van der Waals surface area (Å²) in [6.45, 7) is 3.95. The van der Waals surface area contributed by atoms with Crippen molar-refractivity contribution in [3.8, 4) is 5.75 Å². The molecule has 1 aliphatic heterocycles. The van der Waals surface area contributed by atoms with E-state index < -0.39 is 5.91 Å². The SMILES string of the molecule is COc1ccccc1N1C(=O)C(Nc2cc(C)ccc2C)=C(c2cccs2)C1=O. The summed E-state index contributed by atoms with van der Waals surface area (Å²) >= 11 is 1.43. The lowest BCUT2D eigenvalue weighted by Gasteiger charge is -2.18. The summed E-state index contributed by atoms with van der Waals surface area (Å²) in [5, 5.41) is 5.13. The Morgan fingerprint density at radius 1 is 0.966 bits per heavy atom. The van der Waals surface area contributed by atoms with Crippen molar-refractivity contribution in [2.75, 3.05) is 17.3 Å². The lowest BCUT2D eigenvalue weighted by molar-refractivity contribution is -0.120. The van der Waals surface area contributed by atoms with Crippen molar-refractivity contribution in [3.05, 3.63) is 81.7 Å². The Balaban J connectivity index is 1.84. The van der Waals surface area contributed by atoms with Gasteiger partial charge in [0.25, 0.3) is 11.8 Å². The number of para-hydroxylation sites is 2. The molecule has 0 fully saturated rings.